The number of hydrogen-bond donors (Lipinski definition) is 1. The van der Waals surface area contributed by atoms with Crippen LogP contribution in [0.5, 0.6) is 0 Å². The zero-order chi connectivity index (χ0) is 9.52. The molecule has 0 aliphatic carbocycles. The number of amides is 1. The number of methoxy groups -OCH3 is 1. The van der Waals surface area contributed by atoms with Gasteiger partial charge in [0.05, 0.1) is 18.7 Å². The Bertz CT molecular complexity index is 246. The minimum atomic E-state index is -0.0778. The zero-order valence-corrected chi connectivity index (χ0v) is 7.45. The van der Waals surface area contributed by atoms with E-state index in [-0.39, 0.29) is 12.3 Å². The second-order valence-corrected chi connectivity index (χ2v) is 2.50. The van der Waals surface area contributed by atoms with Gasteiger partial charge in [-0.1, -0.05) is 0 Å². The number of hydrogen-bond acceptors (Lipinski definition) is 4. The fraction of sp³-hybridized carbons (Fsp3) is 0.500. The lowest BCUT2D eigenvalue weighted by Gasteiger charge is -2.01. The van der Waals surface area contributed by atoms with Crippen molar-refractivity contribution >= 4 is 5.91 Å². The lowest BCUT2D eigenvalue weighted by atomic mass is 10.3. The number of ether oxygens (including phenoxy) is 1. The molecule has 0 atom stereocenters. The van der Waals surface area contributed by atoms with E-state index >= 15 is 0 Å². The normalized spacial score (nSPS) is 9.92. The molecule has 0 saturated heterocycles. The van der Waals surface area contributed by atoms with Crippen LogP contribution in [0.2, 0.25) is 0 Å². The molecule has 0 aliphatic heterocycles. The van der Waals surface area contributed by atoms with Gasteiger partial charge in [0.1, 0.15) is 6.26 Å². The summed E-state index contributed by atoms with van der Waals surface area (Å²) in [5.74, 6) is -0.0778. The van der Waals surface area contributed by atoms with E-state index in [0.717, 1.165) is 0 Å². The molecule has 1 heterocycles. The summed E-state index contributed by atoms with van der Waals surface area (Å²) < 4.78 is 9.50. The molecule has 0 saturated carbocycles. The molecule has 0 fully saturated rings. The summed E-state index contributed by atoms with van der Waals surface area (Å²) >= 11 is 0. The average molecular weight is 184 g/mol. The van der Waals surface area contributed by atoms with Crippen LogP contribution < -0.4 is 5.32 Å². The maximum atomic E-state index is 11.1. The van der Waals surface area contributed by atoms with Crippen LogP contribution in [0.15, 0.2) is 17.1 Å². The van der Waals surface area contributed by atoms with Gasteiger partial charge in [-0.25, -0.2) is 4.98 Å². The van der Waals surface area contributed by atoms with Gasteiger partial charge in [0.25, 0.3) is 0 Å². The van der Waals surface area contributed by atoms with Gasteiger partial charge in [0, 0.05) is 13.7 Å². The van der Waals surface area contributed by atoms with E-state index in [4.69, 9.17) is 9.15 Å². The molecular formula is C8H12N2O3. The number of carbonyl (C=O) groups excluding carboxylic acids is 1. The molecule has 5 nitrogen and oxygen atoms in total. The first-order valence-electron chi connectivity index (χ1n) is 3.95. The third-order valence-electron chi connectivity index (χ3n) is 1.45. The first-order valence-corrected chi connectivity index (χ1v) is 3.95. The van der Waals surface area contributed by atoms with E-state index in [0.29, 0.717) is 18.8 Å². The third kappa shape index (κ3) is 3.71. The number of oxazole rings is 1. The Morgan fingerprint density at radius 1 is 1.77 bits per heavy atom. The monoisotopic (exact) mass is 184 g/mol. The minimum Gasteiger partial charge on any atom is -0.451 e. The second kappa shape index (κ2) is 5.31. The first kappa shape index (κ1) is 9.73. The predicted molar refractivity (Wildman–Crippen MR) is 45.1 cm³/mol. The van der Waals surface area contributed by atoms with Gasteiger partial charge in [-0.3, -0.25) is 4.79 Å². The smallest absolute Gasteiger partial charge is 0.226 e. The van der Waals surface area contributed by atoms with Crippen LogP contribution in [0, 0.1) is 0 Å². The Balaban J connectivity index is 2.18. The molecule has 5 heteroatoms. The summed E-state index contributed by atoms with van der Waals surface area (Å²) in [4.78, 5) is 15.0. The summed E-state index contributed by atoms with van der Waals surface area (Å²) in [7, 11) is 1.59. The lowest BCUT2D eigenvalue weighted by molar-refractivity contribution is -0.120. The van der Waals surface area contributed by atoms with Crippen molar-refractivity contribution in [1.29, 1.82) is 0 Å². The number of nitrogens with one attached hydrogen (secondary N) is 1. The standard InChI is InChI=1S/C8H12N2O3/c1-12-3-2-9-8(11)4-7-5-13-6-10-7/h5-6H,2-4H2,1H3,(H,9,11). The van der Waals surface area contributed by atoms with Gasteiger partial charge in [-0.05, 0) is 0 Å². The maximum Gasteiger partial charge on any atom is 0.226 e. The van der Waals surface area contributed by atoms with E-state index in [1.807, 2.05) is 0 Å². The van der Waals surface area contributed by atoms with Gasteiger partial charge < -0.3 is 14.5 Å². The van der Waals surface area contributed by atoms with E-state index in [2.05, 4.69) is 10.3 Å². The van der Waals surface area contributed by atoms with E-state index < -0.39 is 0 Å². The maximum absolute atomic E-state index is 11.1. The number of aromatic nitrogens is 1. The van der Waals surface area contributed by atoms with Crippen molar-refractivity contribution < 1.29 is 13.9 Å². The molecule has 72 valence electrons. The average Bonchev–Trinajstić information content (AvgIpc) is 2.57. The summed E-state index contributed by atoms with van der Waals surface area (Å²) in [6, 6.07) is 0. The van der Waals surface area contributed by atoms with Gasteiger partial charge in [0.15, 0.2) is 6.39 Å². The molecule has 0 bridgehead atoms. The van der Waals surface area contributed by atoms with Crippen molar-refractivity contribution in [3.63, 3.8) is 0 Å². The van der Waals surface area contributed by atoms with Crippen LogP contribution in [0.1, 0.15) is 5.69 Å². The molecule has 0 aliphatic rings. The fourth-order valence-electron chi connectivity index (χ4n) is 0.844. The molecule has 1 N–H and O–H groups in total. The van der Waals surface area contributed by atoms with Gasteiger partial charge >= 0.3 is 0 Å². The SMILES string of the molecule is COCCNC(=O)Cc1cocn1. The van der Waals surface area contributed by atoms with Crippen LogP contribution in [-0.4, -0.2) is 31.2 Å². The molecule has 0 unspecified atom stereocenters. The number of carbonyl (C=O) groups is 1. The fourth-order valence-corrected chi connectivity index (χ4v) is 0.844. The summed E-state index contributed by atoms with van der Waals surface area (Å²) in [5, 5.41) is 2.68. The Morgan fingerprint density at radius 3 is 3.23 bits per heavy atom. The molecule has 0 spiro atoms. The molecule has 1 rings (SSSR count). The highest BCUT2D eigenvalue weighted by Gasteiger charge is 2.03. The van der Waals surface area contributed by atoms with E-state index in [9.17, 15) is 4.79 Å². The van der Waals surface area contributed by atoms with Crippen LogP contribution in [0.3, 0.4) is 0 Å². The summed E-state index contributed by atoms with van der Waals surface area (Å²) in [6.07, 6.45) is 3.01. The van der Waals surface area contributed by atoms with Crippen molar-refractivity contribution in [2.45, 2.75) is 6.42 Å². The quantitative estimate of drug-likeness (QED) is 0.653. The highest BCUT2D eigenvalue weighted by Crippen LogP contribution is 1.94. The molecule has 1 aromatic rings. The van der Waals surface area contributed by atoms with Gasteiger partial charge in [-0.2, -0.15) is 0 Å². The van der Waals surface area contributed by atoms with E-state index in [1.165, 1.54) is 12.7 Å². The highest BCUT2D eigenvalue weighted by atomic mass is 16.5. The molecule has 0 radical (unpaired) electrons. The lowest BCUT2D eigenvalue weighted by Crippen LogP contribution is -2.28. The second-order valence-electron chi connectivity index (χ2n) is 2.50. The Labute approximate surface area is 76.1 Å². The summed E-state index contributed by atoms with van der Waals surface area (Å²) in [5.41, 5.74) is 0.634. The van der Waals surface area contributed by atoms with E-state index in [1.54, 1.807) is 7.11 Å². The third-order valence-corrected chi connectivity index (χ3v) is 1.45. The molecule has 13 heavy (non-hydrogen) atoms. The molecular weight excluding hydrogens is 172 g/mol. The Kier molecular flexibility index (Phi) is 3.98. The van der Waals surface area contributed by atoms with Gasteiger partial charge in [0.2, 0.25) is 5.91 Å². The number of nitrogens with zero attached hydrogens (tertiary/aromatic N) is 1. The molecule has 1 aromatic heterocycles. The largest absolute Gasteiger partial charge is 0.451 e. The predicted octanol–water partition coefficient (Wildman–Crippen LogP) is -0.0203. The molecule has 1 amide bonds. The van der Waals surface area contributed by atoms with Crippen LogP contribution in [0.25, 0.3) is 0 Å². The van der Waals surface area contributed by atoms with Crippen molar-refractivity contribution in [3.8, 4) is 0 Å². The van der Waals surface area contributed by atoms with Crippen molar-refractivity contribution in [2.75, 3.05) is 20.3 Å². The van der Waals surface area contributed by atoms with Crippen molar-refractivity contribution in [3.05, 3.63) is 18.4 Å². The van der Waals surface area contributed by atoms with Crippen LogP contribution >= 0.6 is 0 Å². The van der Waals surface area contributed by atoms with Crippen molar-refractivity contribution in [2.24, 2.45) is 0 Å². The number of rotatable bonds is 5. The van der Waals surface area contributed by atoms with Gasteiger partial charge in [-0.15, -0.1) is 0 Å². The highest BCUT2D eigenvalue weighted by molar-refractivity contribution is 5.77. The Hall–Kier alpha value is -1.36. The molecule has 0 aromatic carbocycles. The van der Waals surface area contributed by atoms with Crippen LogP contribution in [-0.2, 0) is 16.0 Å². The van der Waals surface area contributed by atoms with Crippen molar-refractivity contribution in [1.82, 2.24) is 10.3 Å². The van der Waals surface area contributed by atoms with Crippen LogP contribution in [0.4, 0.5) is 0 Å². The summed E-state index contributed by atoms with van der Waals surface area (Å²) in [6.45, 7) is 1.04. The zero-order valence-electron chi connectivity index (χ0n) is 7.45. The topological polar surface area (TPSA) is 64.4 Å². The Morgan fingerprint density at radius 2 is 2.62 bits per heavy atom. The first-order chi connectivity index (χ1) is 6.33. The minimum absolute atomic E-state index is 0.0778.